The number of carboxylic acid groups (broad SMARTS) is 1. The second kappa shape index (κ2) is 10.0. The Bertz CT molecular complexity index is 1200. The first-order valence-electron chi connectivity index (χ1n) is 12.5. The largest absolute Gasteiger partial charge is 0.481 e. The highest BCUT2D eigenvalue weighted by Gasteiger charge is 2.51. The van der Waals surface area contributed by atoms with Crippen LogP contribution in [0.4, 0.5) is 18.9 Å². The van der Waals surface area contributed by atoms with Gasteiger partial charge in [0.05, 0.1) is 12.5 Å². The fourth-order valence-electron chi connectivity index (χ4n) is 5.86. The number of carbonyl (C=O) groups excluding carboxylic acids is 2. The molecule has 0 bridgehead atoms. The maximum Gasteiger partial charge on any atom is 0.446 e. The van der Waals surface area contributed by atoms with Crippen molar-refractivity contribution in [3.8, 4) is 0 Å². The van der Waals surface area contributed by atoms with E-state index in [4.69, 9.17) is 5.11 Å². The highest BCUT2D eigenvalue weighted by atomic mass is 32.2. The number of hydrogen-bond acceptors (Lipinski definition) is 4. The lowest BCUT2D eigenvalue weighted by Crippen LogP contribution is -2.52. The van der Waals surface area contributed by atoms with Gasteiger partial charge in [-0.15, -0.1) is 0 Å². The molecule has 0 radical (unpaired) electrons. The van der Waals surface area contributed by atoms with Gasteiger partial charge in [0, 0.05) is 40.6 Å². The molecule has 0 saturated heterocycles. The number of anilines is 1. The van der Waals surface area contributed by atoms with Gasteiger partial charge < -0.3 is 14.9 Å². The molecule has 3 aliphatic rings. The lowest BCUT2D eigenvalue weighted by Gasteiger charge is -2.48. The zero-order valence-electron chi connectivity index (χ0n) is 20.0. The molecule has 0 unspecified atom stereocenters. The first-order valence-corrected chi connectivity index (χ1v) is 13.3. The predicted octanol–water partition coefficient (Wildman–Crippen LogP) is 6.02. The van der Waals surface area contributed by atoms with Crippen LogP contribution in [0.1, 0.15) is 66.9 Å². The number of para-hydroxylation sites is 1. The van der Waals surface area contributed by atoms with E-state index >= 15 is 0 Å². The van der Waals surface area contributed by atoms with Crippen molar-refractivity contribution in [3.63, 3.8) is 0 Å². The Morgan fingerprint density at radius 1 is 0.973 bits per heavy atom. The van der Waals surface area contributed by atoms with E-state index in [0.29, 0.717) is 11.3 Å². The Hall–Kier alpha value is -3.01. The van der Waals surface area contributed by atoms with E-state index < -0.39 is 11.5 Å². The van der Waals surface area contributed by atoms with Crippen LogP contribution in [0.25, 0.3) is 0 Å². The van der Waals surface area contributed by atoms with Crippen LogP contribution >= 0.6 is 11.8 Å². The van der Waals surface area contributed by atoms with Crippen molar-refractivity contribution in [3.05, 3.63) is 59.7 Å². The number of hydrogen-bond donors (Lipinski definition) is 1. The van der Waals surface area contributed by atoms with Gasteiger partial charge in [0.25, 0.3) is 5.91 Å². The standard InChI is InChI=1S/C27H27F3N2O4S/c28-27(29,30)37-18-12-8-16(9-13-18)26(36)32-21-6-2-1-4-19(21)25(20-5-3-7-22(20)32)31(17-10-11-17)23(33)14-15-24(34)35/h1-2,4,6,8-9,12-13,17,20,22,25H,3,5,7,10-11,14-15H2,(H,34,35)/t20-,22+,25+/m1/s1. The quantitative estimate of drug-likeness (QED) is 0.441. The number of rotatable bonds is 7. The van der Waals surface area contributed by atoms with E-state index in [1.165, 1.54) is 24.3 Å². The van der Waals surface area contributed by atoms with E-state index in [1.54, 1.807) is 4.90 Å². The zero-order valence-corrected chi connectivity index (χ0v) is 20.8. The number of thioether (sulfide) groups is 1. The minimum Gasteiger partial charge on any atom is -0.481 e. The predicted molar refractivity (Wildman–Crippen MR) is 132 cm³/mol. The molecule has 2 aromatic rings. The minimum atomic E-state index is -4.40. The Labute approximate surface area is 216 Å². The molecule has 6 nitrogen and oxygen atoms in total. The molecule has 2 saturated carbocycles. The number of amides is 2. The van der Waals surface area contributed by atoms with Gasteiger partial charge in [0.1, 0.15) is 0 Å². The Balaban J connectivity index is 1.49. The number of fused-ring (bicyclic) bond motifs is 2. The van der Waals surface area contributed by atoms with Gasteiger partial charge in [-0.1, -0.05) is 24.6 Å². The summed E-state index contributed by atoms with van der Waals surface area (Å²) in [7, 11) is 0. The Morgan fingerprint density at radius 3 is 2.32 bits per heavy atom. The van der Waals surface area contributed by atoms with Crippen molar-refractivity contribution in [2.24, 2.45) is 5.92 Å². The molecule has 1 heterocycles. The number of alkyl halides is 3. The maximum atomic E-state index is 13.8. The average Bonchev–Trinajstić information content (AvgIpc) is 3.57. The van der Waals surface area contributed by atoms with Crippen LogP contribution in [0.2, 0.25) is 0 Å². The van der Waals surface area contributed by atoms with Crippen molar-refractivity contribution < 1.29 is 32.7 Å². The molecule has 37 heavy (non-hydrogen) atoms. The number of aliphatic carboxylic acids is 1. The van der Waals surface area contributed by atoms with Crippen molar-refractivity contribution in [1.82, 2.24) is 4.90 Å². The SMILES string of the molecule is O=C(O)CCC(=O)N(C1CC1)[C@H]1c2ccccc2N(C(=O)c2ccc(SC(F)(F)F)cc2)[C@H]2CCC[C@H]21. The second-order valence-corrected chi connectivity index (χ2v) is 11.0. The molecular weight excluding hydrogens is 505 g/mol. The van der Waals surface area contributed by atoms with Crippen LogP contribution in [0.3, 0.4) is 0 Å². The molecule has 1 aliphatic heterocycles. The molecule has 196 valence electrons. The topological polar surface area (TPSA) is 77.9 Å². The van der Waals surface area contributed by atoms with Crippen molar-refractivity contribution >= 4 is 35.2 Å². The normalized spacial score (nSPS) is 22.8. The third kappa shape index (κ3) is 5.35. The molecule has 3 atom stereocenters. The molecule has 2 amide bonds. The summed E-state index contributed by atoms with van der Waals surface area (Å²) in [6.45, 7) is 0. The van der Waals surface area contributed by atoms with Gasteiger partial charge in [0.2, 0.25) is 5.91 Å². The summed E-state index contributed by atoms with van der Waals surface area (Å²) in [5, 5.41) is 9.12. The van der Waals surface area contributed by atoms with E-state index in [0.717, 1.165) is 37.7 Å². The Morgan fingerprint density at radius 2 is 1.68 bits per heavy atom. The number of halogens is 3. The molecule has 0 aromatic heterocycles. The highest BCUT2D eigenvalue weighted by Crippen LogP contribution is 2.53. The summed E-state index contributed by atoms with van der Waals surface area (Å²) < 4.78 is 38.2. The number of nitrogens with zero attached hydrogens (tertiary/aromatic N) is 2. The molecule has 0 spiro atoms. The number of carbonyl (C=O) groups is 3. The van der Waals surface area contributed by atoms with Gasteiger partial charge in [0.15, 0.2) is 0 Å². The first-order chi connectivity index (χ1) is 17.6. The number of carboxylic acids is 1. The Kier molecular flexibility index (Phi) is 6.95. The monoisotopic (exact) mass is 532 g/mol. The molecular formula is C27H27F3N2O4S. The highest BCUT2D eigenvalue weighted by molar-refractivity contribution is 8.00. The van der Waals surface area contributed by atoms with Gasteiger partial charge in [-0.2, -0.15) is 13.2 Å². The van der Waals surface area contributed by atoms with Crippen LogP contribution in [0.5, 0.6) is 0 Å². The third-order valence-corrected chi connectivity index (χ3v) is 8.16. The van der Waals surface area contributed by atoms with Gasteiger partial charge >= 0.3 is 11.5 Å². The molecule has 10 heteroatoms. The summed E-state index contributed by atoms with van der Waals surface area (Å²) in [5.74, 6) is -1.47. The fourth-order valence-corrected chi connectivity index (χ4v) is 6.40. The van der Waals surface area contributed by atoms with E-state index in [1.807, 2.05) is 29.2 Å². The average molecular weight is 533 g/mol. The van der Waals surface area contributed by atoms with Gasteiger partial charge in [-0.25, -0.2) is 0 Å². The van der Waals surface area contributed by atoms with Crippen LogP contribution < -0.4 is 4.90 Å². The lowest BCUT2D eigenvalue weighted by molar-refractivity contribution is -0.142. The summed E-state index contributed by atoms with van der Waals surface area (Å²) in [5.41, 5.74) is -2.54. The van der Waals surface area contributed by atoms with E-state index in [-0.39, 0.29) is 65.4 Å². The van der Waals surface area contributed by atoms with Gasteiger partial charge in [-0.05, 0) is 73.3 Å². The van der Waals surface area contributed by atoms with Crippen molar-refractivity contribution in [2.45, 2.75) is 73.5 Å². The van der Waals surface area contributed by atoms with Gasteiger partial charge in [-0.3, -0.25) is 14.4 Å². The first kappa shape index (κ1) is 25.6. The summed E-state index contributed by atoms with van der Waals surface area (Å²) in [4.78, 5) is 41.9. The van der Waals surface area contributed by atoms with Crippen LogP contribution in [0.15, 0.2) is 53.4 Å². The molecule has 2 aliphatic carbocycles. The van der Waals surface area contributed by atoms with Crippen LogP contribution in [-0.4, -0.2) is 45.4 Å². The van der Waals surface area contributed by atoms with Crippen LogP contribution in [0, 0.1) is 5.92 Å². The zero-order chi connectivity index (χ0) is 26.3. The molecule has 2 fully saturated rings. The summed E-state index contributed by atoms with van der Waals surface area (Å²) >= 11 is -0.218. The molecule has 5 rings (SSSR count). The number of benzene rings is 2. The van der Waals surface area contributed by atoms with Crippen LogP contribution in [-0.2, 0) is 9.59 Å². The van der Waals surface area contributed by atoms with E-state index in [2.05, 4.69) is 0 Å². The van der Waals surface area contributed by atoms with Crippen molar-refractivity contribution in [2.75, 3.05) is 4.90 Å². The smallest absolute Gasteiger partial charge is 0.446 e. The lowest BCUT2D eigenvalue weighted by atomic mass is 9.81. The summed E-state index contributed by atoms with van der Waals surface area (Å²) in [6, 6.07) is 12.6. The second-order valence-electron chi connectivity index (χ2n) is 9.84. The summed E-state index contributed by atoms with van der Waals surface area (Å²) in [6.07, 6.45) is 3.92. The van der Waals surface area contributed by atoms with Crippen molar-refractivity contribution in [1.29, 1.82) is 0 Å². The molecule has 1 N–H and O–H groups in total. The van der Waals surface area contributed by atoms with E-state index in [9.17, 15) is 27.6 Å². The maximum absolute atomic E-state index is 13.8. The molecule has 2 aromatic carbocycles. The fraction of sp³-hybridized carbons (Fsp3) is 0.444. The minimum absolute atomic E-state index is 0.00622. The third-order valence-electron chi connectivity index (χ3n) is 7.42.